The molecule has 0 saturated heterocycles. The van der Waals surface area contributed by atoms with E-state index in [9.17, 15) is 9.18 Å². The van der Waals surface area contributed by atoms with E-state index in [-0.39, 0.29) is 12.2 Å². The highest BCUT2D eigenvalue weighted by molar-refractivity contribution is 5.66. The molecule has 1 aromatic carbocycles. The smallest absolute Gasteiger partial charge is 0.303 e. The molecular formula is C16H18FNO3. The van der Waals surface area contributed by atoms with Gasteiger partial charge in [-0.15, -0.1) is 0 Å². The number of carboxylic acid groups (broad SMARTS) is 1. The average Bonchev–Trinajstić information content (AvgIpc) is 2.86. The van der Waals surface area contributed by atoms with Crippen LogP contribution in [0.4, 0.5) is 4.39 Å². The molecule has 112 valence electrons. The number of nitrogens with one attached hydrogen (secondary N) is 1. The molecule has 21 heavy (non-hydrogen) atoms. The molecule has 0 spiro atoms. The molecular weight excluding hydrogens is 273 g/mol. The quantitative estimate of drug-likeness (QED) is 0.768. The van der Waals surface area contributed by atoms with E-state index in [0.29, 0.717) is 25.3 Å². The average molecular weight is 291 g/mol. The minimum atomic E-state index is -0.788. The first-order valence-corrected chi connectivity index (χ1v) is 6.84. The molecule has 0 fully saturated rings. The van der Waals surface area contributed by atoms with Gasteiger partial charge in [0.15, 0.2) is 0 Å². The lowest BCUT2D eigenvalue weighted by Gasteiger charge is -2.03. The summed E-state index contributed by atoms with van der Waals surface area (Å²) in [5.74, 6) is 0.422. The van der Waals surface area contributed by atoms with Crippen molar-refractivity contribution in [2.45, 2.75) is 26.3 Å². The first kappa shape index (κ1) is 15.3. The zero-order chi connectivity index (χ0) is 15.2. The molecule has 2 rings (SSSR count). The van der Waals surface area contributed by atoms with Crippen molar-refractivity contribution in [3.05, 3.63) is 47.5 Å². The Morgan fingerprint density at radius 3 is 2.86 bits per heavy atom. The summed E-state index contributed by atoms with van der Waals surface area (Å²) in [7, 11) is 0. The van der Waals surface area contributed by atoms with Gasteiger partial charge in [-0.3, -0.25) is 4.79 Å². The molecule has 1 aromatic heterocycles. The summed E-state index contributed by atoms with van der Waals surface area (Å²) in [6.45, 7) is 3.00. The van der Waals surface area contributed by atoms with Crippen LogP contribution in [0.2, 0.25) is 0 Å². The van der Waals surface area contributed by atoms with Crippen LogP contribution < -0.4 is 5.32 Å². The predicted molar refractivity (Wildman–Crippen MR) is 77.4 cm³/mol. The van der Waals surface area contributed by atoms with Crippen molar-refractivity contribution >= 4 is 5.97 Å². The van der Waals surface area contributed by atoms with Crippen molar-refractivity contribution < 1.29 is 18.7 Å². The summed E-state index contributed by atoms with van der Waals surface area (Å²) in [5, 5.41) is 11.7. The fourth-order valence-electron chi connectivity index (χ4n) is 2.10. The predicted octanol–water partition coefficient (Wildman–Crippen LogP) is 3.35. The van der Waals surface area contributed by atoms with Gasteiger partial charge in [-0.2, -0.15) is 0 Å². The zero-order valence-electron chi connectivity index (χ0n) is 11.9. The van der Waals surface area contributed by atoms with Crippen LogP contribution in [-0.4, -0.2) is 17.6 Å². The number of benzene rings is 1. The molecule has 2 N–H and O–H groups in total. The number of furan rings is 1. The first-order chi connectivity index (χ1) is 10.1. The number of halogens is 1. The molecule has 0 aliphatic carbocycles. The maximum atomic E-state index is 13.1. The van der Waals surface area contributed by atoms with Crippen LogP contribution in [0.3, 0.4) is 0 Å². The molecule has 0 amide bonds. The monoisotopic (exact) mass is 291 g/mol. The Kier molecular flexibility index (Phi) is 5.11. The van der Waals surface area contributed by atoms with Crippen LogP contribution >= 0.6 is 0 Å². The van der Waals surface area contributed by atoms with E-state index >= 15 is 0 Å². The Bertz CT molecular complexity index is 622. The lowest BCUT2D eigenvalue weighted by atomic mass is 10.1. The van der Waals surface area contributed by atoms with E-state index in [4.69, 9.17) is 9.52 Å². The minimum absolute atomic E-state index is 0.158. The van der Waals surface area contributed by atoms with Crippen LogP contribution in [0.25, 0.3) is 11.3 Å². The van der Waals surface area contributed by atoms with Crippen molar-refractivity contribution in [3.63, 3.8) is 0 Å². The van der Waals surface area contributed by atoms with Gasteiger partial charge in [0, 0.05) is 12.0 Å². The van der Waals surface area contributed by atoms with Gasteiger partial charge in [-0.1, -0.05) is 0 Å². The number of rotatable bonds is 7. The van der Waals surface area contributed by atoms with E-state index in [0.717, 1.165) is 16.9 Å². The highest BCUT2D eigenvalue weighted by atomic mass is 19.1. The Morgan fingerprint density at radius 1 is 1.33 bits per heavy atom. The van der Waals surface area contributed by atoms with Crippen LogP contribution in [-0.2, 0) is 11.3 Å². The molecule has 1 heterocycles. The third-order valence-electron chi connectivity index (χ3n) is 3.16. The molecule has 5 heteroatoms. The minimum Gasteiger partial charge on any atom is -0.481 e. The maximum absolute atomic E-state index is 13.1. The van der Waals surface area contributed by atoms with Crippen molar-refractivity contribution in [2.24, 2.45) is 0 Å². The van der Waals surface area contributed by atoms with E-state index in [2.05, 4.69) is 5.32 Å². The number of carbonyl (C=O) groups is 1. The molecule has 0 aliphatic rings. The van der Waals surface area contributed by atoms with Crippen LogP contribution in [0.1, 0.15) is 24.2 Å². The number of hydrogen-bond acceptors (Lipinski definition) is 3. The van der Waals surface area contributed by atoms with E-state index < -0.39 is 5.97 Å². The van der Waals surface area contributed by atoms with Gasteiger partial charge in [0.2, 0.25) is 0 Å². The summed E-state index contributed by atoms with van der Waals surface area (Å²) >= 11 is 0. The van der Waals surface area contributed by atoms with E-state index in [1.165, 1.54) is 12.1 Å². The largest absolute Gasteiger partial charge is 0.481 e. The van der Waals surface area contributed by atoms with Gasteiger partial charge in [-0.05, 0) is 55.8 Å². The Labute approximate surface area is 122 Å². The third kappa shape index (κ3) is 4.43. The number of aliphatic carboxylic acids is 1. The van der Waals surface area contributed by atoms with Crippen molar-refractivity contribution in [1.29, 1.82) is 0 Å². The molecule has 0 saturated carbocycles. The molecule has 0 aliphatic heterocycles. The van der Waals surface area contributed by atoms with Crippen LogP contribution in [0, 0.1) is 12.7 Å². The lowest BCUT2D eigenvalue weighted by molar-refractivity contribution is -0.137. The molecule has 0 atom stereocenters. The van der Waals surface area contributed by atoms with Crippen LogP contribution in [0.15, 0.2) is 34.7 Å². The van der Waals surface area contributed by atoms with Gasteiger partial charge in [0.05, 0.1) is 6.54 Å². The van der Waals surface area contributed by atoms with Gasteiger partial charge in [0.1, 0.15) is 17.3 Å². The van der Waals surface area contributed by atoms with Gasteiger partial charge in [0.25, 0.3) is 0 Å². The zero-order valence-corrected chi connectivity index (χ0v) is 11.9. The Balaban J connectivity index is 1.91. The topological polar surface area (TPSA) is 62.5 Å². The van der Waals surface area contributed by atoms with Gasteiger partial charge in [-0.25, -0.2) is 4.39 Å². The molecule has 0 unspecified atom stereocenters. The molecule has 4 nitrogen and oxygen atoms in total. The fourth-order valence-corrected chi connectivity index (χ4v) is 2.10. The summed E-state index contributed by atoms with van der Waals surface area (Å²) in [6.07, 6.45) is 0.741. The van der Waals surface area contributed by atoms with E-state index in [1.54, 1.807) is 6.07 Å². The highest BCUT2D eigenvalue weighted by Gasteiger charge is 2.08. The molecule has 0 radical (unpaired) electrons. The SMILES string of the molecule is Cc1cc(F)ccc1-c1ccc(CNCCCC(=O)O)o1. The second-order valence-corrected chi connectivity index (χ2v) is 4.90. The van der Waals surface area contributed by atoms with Crippen molar-refractivity contribution in [3.8, 4) is 11.3 Å². The van der Waals surface area contributed by atoms with Gasteiger partial charge < -0.3 is 14.8 Å². The second kappa shape index (κ2) is 7.04. The Hall–Kier alpha value is -2.14. The molecule has 0 bridgehead atoms. The highest BCUT2D eigenvalue weighted by Crippen LogP contribution is 2.26. The first-order valence-electron chi connectivity index (χ1n) is 6.84. The van der Waals surface area contributed by atoms with Crippen molar-refractivity contribution in [1.82, 2.24) is 5.32 Å². The second-order valence-electron chi connectivity index (χ2n) is 4.90. The summed E-state index contributed by atoms with van der Waals surface area (Å²) < 4.78 is 18.8. The Morgan fingerprint density at radius 2 is 2.14 bits per heavy atom. The summed E-state index contributed by atoms with van der Waals surface area (Å²) in [6, 6.07) is 8.31. The number of aryl methyl sites for hydroxylation is 1. The van der Waals surface area contributed by atoms with Gasteiger partial charge >= 0.3 is 5.97 Å². The summed E-state index contributed by atoms with van der Waals surface area (Å²) in [4.78, 5) is 10.4. The van der Waals surface area contributed by atoms with E-state index in [1.807, 2.05) is 19.1 Å². The van der Waals surface area contributed by atoms with Crippen molar-refractivity contribution in [2.75, 3.05) is 6.54 Å². The van der Waals surface area contributed by atoms with Crippen LogP contribution in [0.5, 0.6) is 0 Å². The fraction of sp³-hybridized carbons (Fsp3) is 0.312. The maximum Gasteiger partial charge on any atom is 0.303 e. The third-order valence-corrected chi connectivity index (χ3v) is 3.16. The summed E-state index contributed by atoms with van der Waals surface area (Å²) in [5.41, 5.74) is 1.69. The lowest BCUT2D eigenvalue weighted by Crippen LogP contribution is -2.15. The molecule has 2 aromatic rings. The number of hydrogen-bond donors (Lipinski definition) is 2. The normalized spacial score (nSPS) is 10.8. The standard InChI is InChI=1S/C16H18FNO3/c1-11-9-12(17)4-6-14(11)15-7-5-13(21-15)10-18-8-2-3-16(19)20/h4-7,9,18H,2-3,8,10H2,1H3,(H,19,20). The number of carboxylic acids is 1.